The van der Waals surface area contributed by atoms with Gasteiger partial charge in [0.2, 0.25) is 0 Å². The summed E-state index contributed by atoms with van der Waals surface area (Å²) in [6.07, 6.45) is 10.6. The predicted octanol–water partition coefficient (Wildman–Crippen LogP) is 3.99. The lowest BCUT2D eigenvalue weighted by Gasteiger charge is -2.11. The summed E-state index contributed by atoms with van der Waals surface area (Å²) in [5.41, 5.74) is 2.19. The fourth-order valence-electron chi connectivity index (χ4n) is 2.43. The highest BCUT2D eigenvalue weighted by Gasteiger charge is 2.08. The van der Waals surface area contributed by atoms with Gasteiger partial charge in [-0.1, -0.05) is 18.2 Å². The minimum atomic E-state index is 0.728. The number of rotatable bonds is 3. The molecule has 0 unspecified atom stereocenters. The van der Waals surface area contributed by atoms with E-state index in [1.165, 1.54) is 5.57 Å². The number of hydrogen-bond acceptors (Lipinski definition) is 3. The van der Waals surface area contributed by atoms with Crippen molar-refractivity contribution in [3.8, 4) is 11.5 Å². The van der Waals surface area contributed by atoms with Gasteiger partial charge in [0.25, 0.3) is 0 Å². The molecule has 0 saturated heterocycles. The van der Waals surface area contributed by atoms with Crippen molar-refractivity contribution in [2.75, 3.05) is 14.2 Å². The fraction of sp³-hybridized carbons (Fsp3) is 0.235. The molecular weight excluding hydrogens is 250 g/mol. The van der Waals surface area contributed by atoms with E-state index in [0.29, 0.717) is 0 Å². The van der Waals surface area contributed by atoms with Crippen LogP contribution in [0.2, 0.25) is 0 Å². The predicted molar refractivity (Wildman–Crippen MR) is 81.2 cm³/mol. The van der Waals surface area contributed by atoms with Crippen LogP contribution in [0.4, 0.5) is 0 Å². The van der Waals surface area contributed by atoms with Gasteiger partial charge in [-0.3, -0.25) is 4.98 Å². The SMILES string of the molecule is COc1cc2cnc(C3=CCCC=C3)cc2cc1OC. The zero-order valence-corrected chi connectivity index (χ0v) is 11.7. The van der Waals surface area contributed by atoms with Crippen LogP contribution in [0, 0.1) is 0 Å². The number of allylic oxidation sites excluding steroid dienone is 4. The molecule has 1 aliphatic rings. The molecule has 0 N–H and O–H groups in total. The highest BCUT2D eigenvalue weighted by atomic mass is 16.5. The highest BCUT2D eigenvalue weighted by molar-refractivity contribution is 5.88. The number of benzene rings is 1. The Hall–Kier alpha value is -2.29. The Morgan fingerprint density at radius 3 is 2.35 bits per heavy atom. The van der Waals surface area contributed by atoms with E-state index in [2.05, 4.69) is 29.3 Å². The first-order valence-corrected chi connectivity index (χ1v) is 6.70. The minimum absolute atomic E-state index is 0.728. The number of ether oxygens (including phenoxy) is 2. The van der Waals surface area contributed by atoms with Gasteiger partial charge in [-0.25, -0.2) is 0 Å². The lowest BCUT2D eigenvalue weighted by atomic mass is 10.0. The second kappa shape index (κ2) is 5.37. The average molecular weight is 267 g/mol. The highest BCUT2D eigenvalue weighted by Crippen LogP contribution is 2.33. The second-order valence-electron chi connectivity index (χ2n) is 4.76. The molecule has 1 aromatic heterocycles. The third-order valence-electron chi connectivity index (χ3n) is 3.51. The Kier molecular flexibility index (Phi) is 3.42. The lowest BCUT2D eigenvalue weighted by Crippen LogP contribution is -1.93. The molecule has 1 aliphatic carbocycles. The summed E-state index contributed by atoms with van der Waals surface area (Å²) in [5.74, 6) is 1.47. The van der Waals surface area contributed by atoms with Crippen molar-refractivity contribution in [1.82, 2.24) is 4.98 Å². The normalized spacial score (nSPS) is 14.2. The zero-order chi connectivity index (χ0) is 13.9. The molecule has 2 aromatic rings. The number of hydrogen-bond donors (Lipinski definition) is 0. The molecule has 1 aromatic carbocycles. The summed E-state index contributed by atoms with van der Waals surface area (Å²) in [7, 11) is 3.29. The molecule has 0 amide bonds. The van der Waals surface area contributed by atoms with E-state index in [4.69, 9.17) is 9.47 Å². The monoisotopic (exact) mass is 267 g/mol. The molecule has 0 radical (unpaired) electrons. The Labute approximate surface area is 118 Å². The minimum Gasteiger partial charge on any atom is -0.493 e. The first-order valence-electron chi connectivity index (χ1n) is 6.70. The molecule has 0 saturated carbocycles. The van der Waals surface area contributed by atoms with Crippen LogP contribution in [-0.4, -0.2) is 19.2 Å². The van der Waals surface area contributed by atoms with E-state index in [0.717, 1.165) is 40.8 Å². The summed E-state index contributed by atoms with van der Waals surface area (Å²) in [4.78, 5) is 4.55. The smallest absolute Gasteiger partial charge is 0.161 e. The van der Waals surface area contributed by atoms with Crippen molar-refractivity contribution < 1.29 is 9.47 Å². The molecule has 3 heteroatoms. The molecule has 20 heavy (non-hydrogen) atoms. The van der Waals surface area contributed by atoms with Crippen molar-refractivity contribution in [3.05, 3.63) is 48.3 Å². The van der Waals surface area contributed by atoms with Crippen molar-refractivity contribution in [1.29, 1.82) is 0 Å². The van der Waals surface area contributed by atoms with Gasteiger partial charge in [0, 0.05) is 11.6 Å². The first-order chi connectivity index (χ1) is 9.81. The van der Waals surface area contributed by atoms with E-state index in [1.54, 1.807) is 14.2 Å². The maximum Gasteiger partial charge on any atom is 0.161 e. The van der Waals surface area contributed by atoms with Gasteiger partial charge >= 0.3 is 0 Å². The summed E-state index contributed by atoms with van der Waals surface area (Å²) in [5, 5.41) is 2.15. The summed E-state index contributed by atoms with van der Waals surface area (Å²) in [6.45, 7) is 0. The standard InChI is InChI=1S/C17H17NO2/c1-19-16-9-13-8-15(12-6-4-3-5-7-12)18-11-14(13)10-17(16)20-2/h4,6-11H,3,5H2,1-2H3. The van der Waals surface area contributed by atoms with Crippen molar-refractivity contribution in [2.24, 2.45) is 0 Å². The van der Waals surface area contributed by atoms with Gasteiger partial charge in [0.05, 0.1) is 19.9 Å². The lowest BCUT2D eigenvalue weighted by molar-refractivity contribution is 0.356. The van der Waals surface area contributed by atoms with E-state index in [-0.39, 0.29) is 0 Å². The average Bonchev–Trinajstić information content (AvgIpc) is 2.53. The van der Waals surface area contributed by atoms with Gasteiger partial charge in [0.1, 0.15) is 0 Å². The molecule has 0 aliphatic heterocycles. The number of methoxy groups -OCH3 is 2. The molecule has 0 spiro atoms. The molecule has 3 nitrogen and oxygen atoms in total. The molecule has 0 atom stereocenters. The third-order valence-corrected chi connectivity index (χ3v) is 3.51. The number of fused-ring (bicyclic) bond motifs is 1. The topological polar surface area (TPSA) is 31.4 Å². The first kappa shape index (κ1) is 12.7. The zero-order valence-electron chi connectivity index (χ0n) is 11.7. The molecule has 1 heterocycles. The Morgan fingerprint density at radius 2 is 1.70 bits per heavy atom. The molecule has 3 rings (SSSR count). The van der Waals surface area contributed by atoms with Crippen molar-refractivity contribution in [3.63, 3.8) is 0 Å². The maximum absolute atomic E-state index is 5.36. The Balaban J connectivity index is 2.10. The van der Waals surface area contributed by atoms with Gasteiger partial charge in [0.15, 0.2) is 11.5 Å². The van der Waals surface area contributed by atoms with Crippen molar-refractivity contribution in [2.45, 2.75) is 12.8 Å². The maximum atomic E-state index is 5.36. The Morgan fingerprint density at radius 1 is 0.950 bits per heavy atom. The van der Waals surface area contributed by atoms with E-state index in [1.807, 2.05) is 18.3 Å². The van der Waals surface area contributed by atoms with Crippen LogP contribution in [0.15, 0.2) is 42.6 Å². The number of pyridine rings is 1. The van der Waals surface area contributed by atoms with E-state index < -0.39 is 0 Å². The van der Waals surface area contributed by atoms with Crippen LogP contribution in [0.5, 0.6) is 11.5 Å². The van der Waals surface area contributed by atoms with Gasteiger partial charge in [-0.15, -0.1) is 0 Å². The summed E-state index contributed by atoms with van der Waals surface area (Å²) < 4.78 is 10.7. The van der Waals surface area contributed by atoms with Crippen LogP contribution in [0.25, 0.3) is 16.3 Å². The van der Waals surface area contributed by atoms with E-state index >= 15 is 0 Å². The van der Waals surface area contributed by atoms with Crippen LogP contribution >= 0.6 is 0 Å². The van der Waals surface area contributed by atoms with Gasteiger partial charge < -0.3 is 9.47 Å². The summed E-state index contributed by atoms with van der Waals surface area (Å²) in [6, 6.07) is 6.04. The summed E-state index contributed by atoms with van der Waals surface area (Å²) >= 11 is 0. The molecular formula is C17H17NO2. The number of nitrogens with zero attached hydrogens (tertiary/aromatic N) is 1. The largest absolute Gasteiger partial charge is 0.493 e. The quantitative estimate of drug-likeness (QED) is 0.842. The molecule has 0 fully saturated rings. The molecule has 102 valence electrons. The van der Waals surface area contributed by atoms with Gasteiger partial charge in [-0.2, -0.15) is 0 Å². The third kappa shape index (κ3) is 2.27. The van der Waals surface area contributed by atoms with Crippen LogP contribution in [0.3, 0.4) is 0 Å². The Bertz CT molecular complexity index is 701. The fourth-order valence-corrected chi connectivity index (χ4v) is 2.43. The second-order valence-corrected chi connectivity index (χ2v) is 4.76. The van der Waals surface area contributed by atoms with E-state index in [9.17, 15) is 0 Å². The van der Waals surface area contributed by atoms with Crippen LogP contribution in [-0.2, 0) is 0 Å². The van der Waals surface area contributed by atoms with Crippen LogP contribution < -0.4 is 9.47 Å². The van der Waals surface area contributed by atoms with Crippen molar-refractivity contribution >= 4 is 16.3 Å². The number of aromatic nitrogens is 1. The van der Waals surface area contributed by atoms with Crippen LogP contribution in [0.1, 0.15) is 18.5 Å². The molecule has 0 bridgehead atoms. The van der Waals surface area contributed by atoms with Gasteiger partial charge in [-0.05, 0) is 42.0 Å².